The van der Waals surface area contributed by atoms with E-state index in [0.717, 1.165) is 6.54 Å². The van der Waals surface area contributed by atoms with Gasteiger partial charge in [-0.25, -0.2) is 9.37 Å². The number of carbonyl (C=O) groups excluding carboxylic acids is 1. The van der Waals surface area contributed by atoms with E-state index in [1.807, 2.05) is 6.92 Å². The summed E-state index contributed by atoms with van der Waals surface area (Å²) in [5, 5.41) is 10.0. The number of halogens is 1. The van der Waals surface area contributed by atoms with Gasteiger partial charge >= 0.3 is 0 Å². The van der Waals surface area contributed by atoms with Crippen LogP contribution in [0.25, 0.3) is 11.4 Å². The quantitative estimate of drug-likeness (QED) is 0.767. The summed E-state index contributed by atoms with van der Waals surface area (Å²) >= 11 is 1.27. The molecule has 1 atom stereocenters. The van der Waals surface area contributed by atoms with Crippen LogP contribution in [0.15, 0.2) is 29.4 Å². The van der Waals surface area contributed by atoms with Gasteiger partial charge in [0, 0.05) is 6.54 Å². The van der Waals surface area contributed by atoms with Crippen molar-refractivity contribution in [2.45, 2.75) is 49.4 Å². The number of nitrogens with zero attached hydrogens (tertiary/aromatic N) is 2. The maximum absolute atomic E-state index is 13.8. The van der Waals surface area contributed by atoms with Gasteiger partial charge < -0.3 is 5.32 Å². The molecule has 1 unspecified atom stereocenters. The molecular weight excluding hydrogens is 339 g/mol. The van der Waals surface area contributed by atoms with Crippen LogP contribution in [-0.2, 0) is 4.79 Å². The molecular formula is C18H23FN4OS. The maximum atomic E-state index is 13.8. The number of thioether (sulfide) groups is 1. The van der Waals surface area contributed by atoms with E-state index in [1.165, 1.54) is 49.9 Å². The van der Waals surface area contributed by atoms with Crippen molar-refractivity contribution in [1.82, 2.24) is 20.5 Å². The molecule has 0 bridgehead atoms. The first-order chi connectivity index (χ1) is 12.1. The van der Waals surface area contributed by atoms with E-state index < -0.39 is 0 Å². The predicted molar refractivity (Wildman–Crippen MR) is 96.7 cm³/mol. The minimum atomic E-state index is -0.353. The molecule has 0 radical (unpaired) electrons. The number of hydrogen-bond acceptors (Lipinski definition) is 4. The van der Waals surface area contributed by atoms with Gasteiger partial charge in [0.25, 0.3) is 0 Å². The summed E-state index contributed by atoms with van der Waals surface area (Å²) in [5.41, 5.74) is 0.372. The Hall–Kier alpha value is -1.89. The fourth-order valence-electron chi connectivity index (χ4n) is 3.06. The van der Waals surface area contributed by atoms with Gasteiger partial charge in [0.15, 0.2) is 5.82 Å². The minimum absolute atomic E-state index is 0.00665. The van der Waals surface area contributed by atoms with Gasteiger partial charge in [0.1, 0.15) is 5.82 Å². The lowest BCUT2D eigenvalue weighted by Crippen LogP contribution is -2.35. The number of carbonyl (C=O) groups is 1. The number of nitrogens with one attached hydrogen (secondary N) is 2. The summed E-state index contributed by atoms with van der Waals surface area (Å²) in [4.78, 5) is 16.6. The maximum Gasteiger partial charge on any atom is 0.233 e. The third kappa shape index (κ3) is 4.81. The van der Waals surface area contributed by atoms with Crippen molar-refractivity contribution in [2.24, 2.45) is 5.92 Å². The molecule has 1 aliphatic rings. The molecule has 7 heteroatoms. The van der Waals surface area contributed by atoms with Crippen molar-refractivity contribution >= 4 is 17.7 Å². The highest BCUT2D eigenvalue weighted by atomic mass is 32.2. The van der Waals surface area contributed by atoms with Crippen molar-refractivity contribution in [3.63, 3.8) is 0 Å². The molecule has 1 aliphatic carbocycles. The van der Waals surface area contributed by atoms with Crippen LogP contribution in [0.5, 0.6) is 0 Å². The number of H-pyrrole nitrogens is 1. The molecule has 25 heavy (non-hydrogen) atoms. The molecule has 134 valence electrons. The molecule has 1 aromatic heterocycles. The van der Waals surface area contributed by atoms with Crippen LogP contribution < -0.4 is 5.32 Å². The third-order valence-electron chi connectivity index (χ3n) is 4.53. The average Bonchev–Trinajstić information content (AvgIpc) is 3.09. The number of amides is 1. The Labute approximate surface area is 151 Å². The molecule has 5 nitrogen and oxygen atoms in total. The largest absolute Gasteiger partial charge is 0.355 e. The lowest BCUT2D eigenvalue weighted by molar-refractivity contribution is -0.120. The first kappa shape index (κ1) is 17.9. The molecule has 3 rings (SSSR count). The van der Waals surface area contributed by atoms with Crippen LogP contribution >= 0.6 is 11.8 Å². The molecule has 1 aromatic carbocycles. The van der Waals surface area contributed by atoms with Crippen molar-refractivity contribution in [1.29, 1.82) is 0 Å². The summed E-state index contributed by atoms with van der Waals surface area (Å²) in [6.45, 7) is 2.58. The van der Waals surface area contributed by atoms with Gasteiger partial charge in [-0.15, -0.1) is 5.10 Å². The normalized spacial score (nSPS) is 16.6. The fourth-order valence-corrected chi connectivity index (χ4v) is 3.81. The minimum Gasteiger partial charge on any atom is -0.355 e. The Kier molecular flexibility index (Phi) is 6.07. The smallest absolute Gasteiger partial charge is 0.233 e. The Balaban J connectivity index is 1.53. The third-order valence-corrected chi connectivity index (χ3v) is 5.50. The zero-order valence-corrected chi connectivity index (χ0v) is 15.1. The monoisotopic (exact) mass is 362 g/mol. The molecule has 2 N–H and O–H groups in total. The highest BCUT2D eigenvalue weighted by molar-refractivity contribution is 8.00. The lowest BCUT2D eigenvalue weighted by atomic mass is 9.89. The molecule has 0 spiro atoms. The molecule has 1 fully saturated rings. The van der Waals surface area contributed by atoms with Gasteiger partial charge in [0.05, 0.1) is 10.8 Å². The Morgan fingerprint density at radius 3 is 2.88 bits per heavy atom. The van der Waals surface area contributed by atoms with E-state index in [2.05, 4.69) is 20.5 Å². The Morgan fingerprint density at radius 1 is 1.36 bits per heavy atom. The summed E-state index contributed by atoms with van der Waals surface area (Å²) in [6, 6.07) is 6.40. The molecule has 2 aromatic rings. The van der Waals surface area contributed by atoms with E-state index >= 15 is 0 Å². The number of aromatic nitrogens is 3. The topological polar surface area (TPSA) is 70.7 Å². The summed E-state index contributed by atoms with van der Waals surface area (Å²) in [5.74, 6) is 0.614. The summed E-state index contributed by atoms with van der Waals surface area (Å²) < 4.78 is 13.8. The van der Waals surface area contributed by atoms with Crippen molar-refractivity contribution in [3.05, 3.63) is 30.1 Å². The van der Waals surface area contributed by atoms with Crippen LogP contribution in [0.3, 0.4) is 0 Å². The van der Waals surface area contributed by atoms with E-state index in [4.69, 9.17) is 0 Å². The van der Waals surface area contributed by atoms with Gasteiger partial charge in [-0.1, -0.05) is 43.2 Å². The van der Waals surface area contributed by atoms with Crippen LogP contribution in [0, 0.1) is 11.7 Å². The molecule has 1 saturated carbocycles. The van der Waals surface area contributed by atoms with E-state index in [0.29, 0.717) is 22.5 Å². The zero-order chi connectivity index (χ0) is 17.6. The first-order valence-corrected chi connectivity index (χ1v) is 9.63. The van der Waals surface area contributed by atoms with E-state index in [9.17, 15) is 9.18 Å². The van der Waals surface area contributed by atoms with Gasteiger partial charge in [-0.3, -0.25) is 9.89 Å². The zero-order valence-electron chi connectivity index (χ0n) is 14.3. The Morgan fingerprint density at radius 2 is 2.12 bits per heavy atom. The molecule has 0 saturated heterocycles. The van der Waals surface area contributed by atoms with Crippen LogP contribution in [0.2, 0.25) is 0 Å². The molecule has 0 aliphatic heterocycles. The SMILES string of the molecule is CC(Sc1n[nH]c(-c2ccccc2F)n1)C(=O)NCC1CCCCC1. The number of rotatable bonds is 6. The fraction of sp³-hybridized carbons (Fsp3) is 0.500. The van der Waals surface area contributed by atoms with Crippen molar-refractivity contribution < 1.29 is 9.18 Å². The van der Waals surface area contributed by atoms with E-state index in [-0.39, 0.29) is 17.0 Å². The Bertz CT molecular complexity index is 715. The second-order valence-electron chi connectivity index (χ2n) is 6.46. The second-order valence-corrected chi connectivity index (χ2v) is 7.76. The lowest BCUT2D eigenvalue weighted by Gasteiger charge is -2.22. The highest BCUT2D eigenvalue weighted by Gasteiger charge is 2.20. The van der Waals surface area contributed by atoms with Crippen molar-refractivity contribution in [3.8, 4) is 11.4 Å². The first-order valence-electron chi connectivity index (χ1n) is 8.75. The molecule has 1 heterocycles. The number of benzene rings is 1. The van der Waals surface area contributed by atoms with Crippen LogP contribution in [-0.4, -0.2) is 32.9 Å². The highest BCUT2D eigenvalue weighted by Crippen LogP contribution is 2.25. The summed E-state index contributed by atoms with van der Waals surface area (Å²) in [6.07, 6.45) is 6.25. The molecule has 1 amide bonds. The summed E-state index contributed by atoms with van der Waals surface area (Å²) in [7, 11) is 0. The predicted octanol–water partition coefficient (Wildman–Crippen LogP) is 3.79. The average molecular weight is 362 g/mol. The van der Waals surface area contributed by atoms with Crippen molar-refractivity contribution in [2.75, 3.05) is 6.54 Å². The standard InChI is InChI=1S/C18H23FN4OS/c1-12(17(24)20-11-13-7-3-2-4-8-13)25-18-21-16(22-23-18)14-9-5-6-10-15(14)19/h5-6,9-10,12-13H,2-4,7-8,11H2,1H3,(H,20,24)(H,21,22,23). The van der Waals surface area contributed by atoms with Gasteiger partial charge in [-0.05, 0) is 37.8 Å². The number of hydrogen-bond donors (Lipinski definition) is 2. The number of aromatic amines is 1. The van der Waals surface area contributed by atoms with Crippen LogP contribution in [0.1, 0.15) is 39.0 Å². The second kappa shape index (κ2) is 8.47. The van der Waals surface area contributed by atoms with E-state index in [1.54, 1.807) is 18.2 Å². The van der Waals surface area contributed by atoms with Gasteiger partial charge in [0.2, 0.25) is 11.1 Å². The van der Waals surface area contributed by atoms with Crippen LogP contribution in [0.4, 0.5) is 4.39 Å². The van der Waals surface area contributed by atoms with Gasteiger partial charge in [-0.2, -0.15) is 0 Å².